The molecule has 0 aliphatic rings. The van der Waals surface area contributed by atoms with Gasteiger partial charge in [-0.1, -0.05) is 31.2 Å². The summed E-state index contributed by atoms with van der Waals surface area (Å²) in [5, 5.41) is 12.3. The average molecular weight is 293 g/mol. The van der Waals surface area contributed by atoms with Gasteiger partial charge in [0.05, 0.1) is 6.42 Å². The number of hydrogen-bond donors (Lipinski definition) is 2. The first-order valence-corrected chi connectivity index (χ1v) is 7.76. The first-order chi connectivity index (χ1) is 10.2. The van der Waals surface area contributed by atoms with Gasteiger partial charge in [0.25, 0.3) is 0 Å². The molecule has 4 heteroatoms. The van der Waals surface area contributed by atoms with E-state index in [-0.39, 0.29) is 12.5 Å². The van der Waals surface area contributed by atoms with E-state index in [1.54, 1.807) is 0 Å². The first-order valence-electron chi connectivity index (χ1n) is 7.76. The van der Waals surface area contributed by atoms with E-state index in [1.165, 1.54) is 11.1 Å². The summed E-state index contributed by atoms with van der Waals surface area (Å²) >= 11 is 0. The number of aliphatic carboxylic acids is 1. The lowest BCUT2D eigenvalue weighted by molar-refractivity contribution is -0.137. The molecule has 1 aromatic carbocycles. The molecule has 0 saturated heterocycles. The number of hydrogen-bond acceptors (Lipinski definition) is 3. The first kappa shape index (κ1) is 17.7. The second-order valence-corrected chi connectivity index (χ2v) is 5.17. The molecule has 0 amide bonds. The number of ether oxygens (including phenoxy) is 1. The number of aryl methyl sites for hydroxylation is 1. The van der Waals surface area contributed by atoms with Gasteiger partial charge in [-0.25, -0.2) is 0 Å². The van der Waals surface area contributed by atoms with Crippen molar-refractivity contribution in [1.82, 2.24) is 5.32 Å². The van der Waals surface area contributed by atoms with E-state index in [4.69, 9.17) is 9.84 Å². The molecule has 0 bridgehead atoms. The summed E-state index contributed by atoms with van der Waals surface area (Å²) in [4.78, 5) is 11.0. The molecule has 1 rings (SSSR count). The second-order valence-electron chi connectivity index (χ2n) is 5.17. The normalized spacial score (nSPS) is 12.3. The molecule has 1 unspecified atom stereocenters. The van der Waals surface area contributed by atoms with Crippen LogP contribution in [-0.2, 0) is 22.4 Å². The number of carbonyl (C=O) groups is 1. The van der Waals surface area contributed by atoms with Crippen molar-refractivity contribution in [1.29, 1.82) is 0 Å². The maximum atomic E-state index is 11.0. The standard InChI is InChI=1S/C17H27NO3/c1-3-14-6-8-15(9-7-14)12-16(13-17(19)20)18-10-5-11-21-4-2/h6-9,16,18H,3-5,10-13H2,1-2H3,(H,19,20). The molecule has 0 aliphatic carbocycles. The molecular formula is C17H27NO3. The van der Waals surface area contributed by atoms with Gasteiger partial charge < -0.3 is 15.2 Å². The third-order valence-corrected chi connectivity index (χ3v) is 3.44. The molecule has 0 aromatic heterocycles. The smallest absolute Gasteiger partial charge is 0.304 e. The fraction of sp³-hybridized carbons (Fsp3) is 0.588. The monoisotopic (exact) mass is 293 g/mol. The van der Waals surface area contributed by atoms with Crippen molar-refractivity contribution >= 4 is 5.97 Å². The summed E-state index contributed by atoms with van der Waals surface area (Å²) in [6, 6.07) is 8.38. The van der Waals surface area contributed by atoms with E-state index >= 15 is 0 Å². The van der Waals surface area contributed by atoms with Gasteiger partial charge in [-0.3, -0.25) is 4.79 Å². The van der Waals surface area contributed by atoms with Crippen molar-refractivity contribution in [3.63, 3.8) is 0 Å². The summed E-state index contributed by atoms with van der Waals surface area (Å²) in [6.45, 7) is 6.32. The van der Waals surface area contributed by atoms with Gasteiger partial charge in [-0.15, -0.1) is 0 Å². The van der Waals surface area contributed by atoms with Crippen molar-refractivity contribution in [3.8, 4) is 0 Å². The van der Waals surface area contributed by atoms with Crippen LogP contribution in [0.2, 0.25) is 0 Å². The Kier molecular flexibility index (Phi) is 8.71. The van der Waals surface area contributed by atoms with Gasteiger partial charge in [0, 0.05) is 19.3 Å². The summed E-state index contributed by atoms with van der Waals surface area (Å²) in [7, 11) is 0. The van der Waals surface area contributed by atoms with Crippen molar-refractivity contribution < 1.29 is 14.6 Å². The Balaban J connectivity index is 2.45. The second kappa shape index (κ2) is 10.4. The largest absolute Gasteiger partial charge is 0.481 e. The summed E-state index contributed by atoms with van der Waals surface area (Å²) in [5.74, 6) is -0.762. The summed E-state index contributed by atoms with van der Waals surface area (Å²) in [6.07, 6.45) is 2.81. The minimum atomic E-state index is -0.762. The SMILES string of the molecule is CCOCCCNC(CC(=O)O)Cc1ccc(CC)cc1. The summed E-state index contributed by atoms with van der Waals surface area (Å²) in [5.41, 5.74) is 2.48. The highest BCUT2D eigenvalue weighted by Crippen LogP contribution is 2.09. The fourth-order valence-electron chi connectivity index (χ4n) is 2.25. The Labute approximate surface area is 127 Å². The molecule has 0 heterocycles. The number of benzene rings is 1. The lowest BCUT2D eigenvalue weighted by Crippen LogP contribution is -2.34. The van der Waals surface area contributed by atoms with Crippen molar-refractivity contribution in [2.24, 2.45) is 0 Å². The predicted octanol–water partition coefficient (Wildman–Crippen LogP) is 2.65. The van der Waals surface area contributed by atoms with Crippen LogP contribution in [0, 0.1) is 0 Å². The maximum absolute atomic E-state index is 11.0. The van der Waals surface area contributed by atoms with E-state index in [0.29, 0.717) is 6.61 Å². The Morgan fingerprint density at radius 1 is 1.24 bits per heavy atom. The molecule has 0 fully saturated rings. The van der Waals surface area contributed by atoms with E-state index < -0.39 is 5.97 Å². The molecule has 2 N–H and O–H groups in total. The molecule has 0 radical (unpaired) electrons. The number of carboxylic acid groups (broad SMARTS) is 1. The van der Waals surface area contributed by atoms with Crippen LogP contribution in [0.15, 0.2) is 24.3 Å². The van der Waals surface area contributed by atoms with Gasteiger partial charge in [0.1, 0.15) is 0 Å². The van der Waals surface area contributed by atoms with Gasteiger partial charge in [0.15, 0.2) is 0 Å². The lowest BCUT2D eigenvalue weighted by atomic mass is 10.0. The number of nitrogens with one attached hydrogen (secondary N) is 1. The molecular weight excluding hydrogens is 266 g/mol. The third-order valence-electron chi connectivity index (χ3n) is 3.44. The van der Waals surface area contributed by atoms with Crippen LogP contribution in [0.4, 0.5) is 0 Å². The molecule has 0 saturated carbocycles. The number of carboxylic acids is 1. The van der Waals surface area contributed by atoms with E-state index in [0.717, 1.165) is 32.4 Å². The van der Waals surface area contributed by atoms with Crippen LogP contribution < -0.4 is 5.32 Å². The van der Waals surface area contributed by atoms with Crippen LogP contribution in [0.3, 0.4) is 0 Å². The van der Waals surface area contributed by atoms with Crippen molar-refractivity contribution in [2.45, 2.75) is 45.6 Å². The molecule has 0 aliphatic heterocycles. The van der Waals surface area contributed by atoms with Crippen molar-refractivity contribution in [3.05, 3.63) is 35.4 Å². The zero-order valence-corrected chi connectivity index (χ0v) is 13.1. The minimum Gasteiger partial charge on any atom is -0.481 e. The highest BCUT2D eigenvalue weighted by atomic mass is 16.5. The van der Waals surface area contributed by atoms with Crippen LogP contribution in [-0.4, -0.2) is 36.9 Å². The van der Waals surface area contributed by atoms with Crippen LogP contribution in [0.1, 0.15) is 37.8 Å². The maximum Gasteiger partial charge on any atom is 0.304 e. The van der Waals surface area contributed by atoms with Gasteiger partial charge in [-0.05, 0) is 43.9 Å². The van der Waals surface area contributed by atoms with Gasteiger partial charge in [0.2, 0.25) is 0 Å². The third kappa shape index (κ3) is 7.83. The van der Waals surface area contributed by atoms with Gasteiger partial charge >= 0.3 is 5.97 Å². The molecule has 0 spiro atoms. The Morgan fingerprint density at radius 3 is 2.48 bits per heavy atom. The molecule has 21 heavy (non-hydrogen) atoms. The lowest BCUT2D eigenvalue weighted by Gasteiger charge is -2.17. The molecule has 1 atom stereocenters. The average Bonchev–Trinajstić information content (AvgIpc) is 2.47. The topological polar surface area (TPSA) is 58.6 Å². The number of rotatable bonds is 11. The van der Waals surface area contributed by atoms with E-state index in [9.17, 15) is 4.79 Å². The molecule has 1 aromatic rings. The highest BCUT2D eigenvalue weighted by molar-refractivity contribution is 5.67. The predicted molar refractivity (Wildman–Crippen MR) is 84.7 cm³/mol. The summed E-state index contributed by atoms with van der Waals surface area (Å²) < 4.78 is 5.28. The Bertz CT molecular complexity index is 403. The van der Waals surface area contributed by atoms with Crippen LogP contribution >= 0.6 is 0 Å². The van der Waals surface area contributed by atoms with Crippen molar-refractivity contribution in [2.75, 3.05) is 19.8 Å². The Morgan fingerprint density at radius 2 is 1.90 bits per heavy atom. The molecule has 118 valence electrons. The van der Waals surface area contributed by atoms with Crippen LogP contribution in [0.5, 0.6) is 0 Å². The molecule has 4 nitrogen and oxygen atoms in total. The zero-order chi connectivity index (χ0) is 15.5. The fourth-order valence-corrected chi connectivity index (χ4v) is 2.25. The Hall–Kier alpha value is -1.39. The van der Waals surface area contributed by atoms with E-state index in [1.807, 2.05) is 6.92 Å². The zero-order valence-electron chi connectivity index (χ0n) is 13.1. The quantitative estimate of drug-likeness (QED) is 0.616. The minimum absolute atomic E-state index is 0.0309. The van der Waals surface area contributed by atoms with E-state index in [2.05, 4.69) is 36.5 Å². The van der Waals surface area contributed by atoms with Crippen LogP contribution in [0.25, 0.3) is 0 Å². The van der Waals surface area contributed by atoms with Gasteiger partial charge in [-0.2, -0.15) is 0 Å². The highest BCUT2D eigenvalue weighted by Gasteiger charge is 2.13.